The van der Waals surface area contributed by atoms with Gasteiger partial charge < -0.3 is 10.1 Å². The summed E-state index contributed by atoms with van der Waals surface area (Å²) >= 11 is 15.5. The lowest BCUT2D eigenvalue weighted by atomic mass is 10.1. The first kappa shape index (κ1) is 20.1. The minimum Gasteiger partial charge on any atom is -0.493 e. The smallest absolute Gasteiger partial charge is 0.259 e. The van der Waals surface area contributed by atoms with E-state index in [1.165, 1.54) is 12.8 Å². The van der Waals surface area contributed by atoms with E-state index in [1.807, 2.05) is 6.07 Å². The number of hydrogen-bond donors (Lipinski definition) is 1. The topological polar surface area (TPSA) is 38.3 Å². The summed E-state index contributed by atoms with van der Waals surface area (Å²) in [6.07, 6.45) is 4.44. The average molecular weight is 445 g/mol. The van der Waals surface area contributed by atoms with Crippen molar-refractivity contribution in [1.82, 2.24) is 0 Å². The van der Waals surface area contributed by atoms with Gasteiger partial charge in [-0.2, -0.15) is 0 Å². The zero-order chi connectivity index (χ0) is 18.2. The molecule has 0 aliphatic heterocycles. The summed E-state index contributed by atoms with van der Waals surface area (Å²) < 4.78 is 6.61. The highest BCUT2D eigenvalue weighted by Gasteiger charge is 2.15. The molecule has 2 aromatic carbocycles. The Balaban J connectivity index is 2.12. The monoisotopic (exact) mass is 443 g/mol. The van der Waals surface area contributed by atoms with Gasteiger partial charge in [0.05, 0.1) is 22.9 Å². The molecule has 0 saturated carbocycles. The van der Waals surface area contributed by atoms with Crippen molar-refractivity contribution < 1.29 is 9.53 Å². The number of ether oxygens (including phenoxy) is 1. The molecule has 1 N–H and O–H groups in total. The van der Waals surface area contributed by atoms with Crippen LogP contribution in [0.2, 0.25) is 10.0 Å². The summed E-state index contributed by atoms with van der Waals surface area (Å²) in [5.74, 6) is 0.254. The Morgan fingerprint density at radius 2 is 1.92 bits per heavy atom. The van der Waals surface area contributed by atoms with Crippen LogP contribution in [0.25, 0.3) is 0 Å². The zero-order valence-corrected chi connectivity index (χ0v) is 17.0. The van der Waals surface area contributed by atoms with Crippen LogP contribution in [-0.2, 0) is 0 Å². The van der Waals surface area contributed by atoms with E-state index in [0.29, 0.717) is 33.7 Å². The maximum Gasteiger partial charge on any atom is 0.259 e. The average Bonchev–Trinajstić information content (AvgIpc) is 2.59. The standard InChI is InChI=1S/C19H20BrCl2NO2/c1-2-3-4-5-10-25-18-9-6-13(20)11-15(18)19(24)23-17-12-14(21)7-8-16(17)22/h6-9,11-12H,2-5,10H2,1H3,(H,23,24). The van der Waals surface area contributed by atoms with Gasteiger partial charge in [-0.05, 0) is 42.8 Å². The molecule has 0 aromatic heterocycles. The lowest BCUT2D eigenvalue weighted by molar-refractivity contribution is 0.102. The van der Waals surface area contributed by atoms with Gasteiger partial charge in [0, 0.05) is 9.50 Å². The molecule has 6 heteroatoms. The molecule has 0 radical (unpaired) electrons. The molecule has 0 spiro atoms. The molecule has 3 nitrogen and oxygen atoms in total. The molecule has 25 heavy (non-hydrogen) atoms. The number of benzene rings is 2. The van der Waals surface area contributed by atoms with Crippen molar-refractivity contribution in [2.24, 2.45) is 0 Å². The second-order valence-corrected chi connectivity index (χ2v) is 7.39. The molecule has 0 bridgehead atoms. The first-order valence-corrected chi connectivity index (χ1v) is 9.75. The second-order valence-electron chi connectivity index (χ2n) is 5.63. The zero-order valence-electron chi connectivity index (χ0n) is 14.0. The fourth-order valence-electron chi connectivity index (χ4n) is 2.30. The molecule has 134 valence electrons. The fraction of sp³-hybridized carbons (Fsp3) is 0.316. The highest BCUT2D eigenvalue weighted by atomic mass is 79.9. The molecule has 0 aliphatic carbocycles. The maximum absolute atomic E-state index is 12.7. The Kier molecular flexibility index (Phi) is 8.07. The van der Waals surface area contributed by atoms with E-state index in [9.17, 15) is 4.79 Å². The third kappa shape index (κ3) is 6.21. The van der Waals surface area contributed by atoms with Gasteiger partial charge in [0.2, 0.25) is 0 Å². The largest absolute Gasteiger partial charge is 0.493 e. The lowest BCUT2D eigenvalue weighted by Crippen LogP contribution is -2.14. The molecule has 0 fully saturated rings. The van der Waals surface area contributed by atoms with Crippen LogP contribution in [0.1, 0.15) is 43.0 Å². The number of hydrogen-bond acceptors (Lipinski definition) is 2. The van der Waals surface area contributed by atoms with Crippen LogP contribution in [0, 0.1) is 0 Å². The van der Waals surface area contributed by atoms with E-state index in [2.05, 4.69) is 28.2 Å². The summed E-state index contributed by atoms with van der Waals surface area (Å²) in [7, 11) is 0. The third-order valence-corrected chi connectivity index (χ3v) is 4.68. The van der Waals surface area contributed by atoms with Crippen molar-refractivity contribution in [2.75, 3.05) is 11.9 Å². The van der Waals surface area contributed by atoms with E-state index < -0.39 is 0 Å². The second kappa shape index (κ2) is 10.0. The van der Waals surface area contributed by atoms with Crippen LogP contribution in [0.4, 0.5) is 5.69 Å². The quantitative estimate of drug-likeness (QED) is 0.446. The van der Waals surface area contributed by atoms with Gasteiger partial charge in [0.1, 0.15) is 5.75 Å². The van der Waals surface area contributed by atoms with Gasteiger partial charge >= 0.3 is 0 Å². The number of halogens is 3. The highest BCUT2D eigenvalue weighted by molar-refractivity contribution is 9.10. The lowest BCUT2D eigenvalue weighted by Gasteiger charge is -2.13. The number of carbonyl (C=O) groups is 1. The minimum absolute atomic E-state index is 0.297. The minimum atomic E-state index is -0.297. The first-order valence-electron chi connectivity index (χ1n) is 8.20. The normalized spacial score (nSPS) is 10.6. The third-order valence-electron chi connectivity index (χ3n) is 3.62. The van der Waals surface area contributed by atoms with Crippen LogP contribution in [0.15, 0.2) is 40.9 Å². The van der Waals surface area contributed by atoms with Crippen LogP contribution in [0.3, 0.4) is 0 Å². The van der Waals surface area contributed by atoms with E-state index in [-0.39, 0.29) is 5.91 Å². The van der Waals surface area contributed by atoms with E-state index >= 15 is 0 Å². The molecule has 2 aromatic rings. The van der Waals surface area contributed by atoms with Gasteiger partial charge in [-0.15, -0.1) is 0 Å². The number of nitrogens with one attached hydrogen (secondary N) is 1. The van der Waals surface area contributed by atoms with Crippen molar-refractivity contribution in [2.45, 2.75) is 32.6 Å². The Bertz CT molecular complexity index is 737. The van der Waals surface area contributed by atoms with Crippen LogP contribution < -0.4 is 10.1 Å². The number of rotatable bonds is 8. The predicted molar refractivity (Wildman–Crippen MR) is 108 cm³/mol. The Morgan fingerprint density at radius 1 is 1.12 bits per heavy atom. The summed E-state index contributed by atoms with van der Waals surface area (Å²) in [5, 5.41) is 3.72. The maximum atomic E-state index is 12.7. The Morgan fingerprint density at radius 3 is 2.68 bits per heavy atom. The van der Waals surface area contributed by atoms with E-state index in [1.54, 1.807) is 30.3 Å². The SMILES string of the molecule is CCCCCCOc1ccc(Br)cc1C(=O)Nc1cc(Cl)ccc1Cl. The molecule has 0 aliphatic rings. The van der Waals surface area contributed by atoms with Gasteiger partial charge in [0.15, 0.2) is 0 Å². The van der Waals surface area contributed by atoms with E-state index in [4.69, 9.17) is 27.9 Å². The van der Waals surface area contributed by atoms with Crippen LogP contribution in [0.5, 0.6) is 5.75 Å². The van der Waals surface area contributed by atoms with Gasteiger partial charge in [-0.1, -0.05) is 65.3 Å². The summed E-state index contributed by atoms with van der Waals surface area (Å²) in [6.45, 7) is 2.75. The predicted octanol–water partition coefficient (Wildman–Crippen LogP) is 6.97. The molecule has 0 unspecified atom stereocenters. The Labute approximate surface area is 166 Å². The van der Waals surface area contributed by atoms with Crippen LogP contribution in [-0.4, -0.2) is 12.5 Å². The van der Waals surface area contributed by atoms with Crippen molar-refractivity contribution in [3.05, 3.63) is 56.5 Å². The van der Waals surface area contributed by atoms with Gasteiger partial charge in [-0.3, -0.25) is 4.79 Å². The molecule has 1 amide bonds. The van der Waals surface area contributed by atoms with Crippen LogP contribution >= 0.6 is 39.1 Å². The van der Waals surface area contributed by atoms with Crippen molar-refractivity contribution in [3.8, 4) is 5.75 Å². The molecule has 0 atom stereocenters. The summed E-state index contributed by atoms with van der Waals surface area (Å²) in [4.78, 5) is 12.7. The van der Waals surface area contributed by atoms with Crippen molar-refractivity contribution in [3.63, 3.8) is 0 Å². The molecule has 0 saturated heterocycles. The number of carbonyl (C=O) groups excluding carboxylic acids is 1. The summed E-state index contributed by atoms with van der Waals surface area (Å²) in [6, 6.07) is 10.3. The number of anilines is 1. The van der Waals surface area contributed by atoms with E-state index in [0.717, 1.165) is 17.3 Å². The number of amides is 1. The highest BCUT2D eigenvalue weighted by Crippen LogP contribution is 2.28. The van der Waals surface area contributed by atoms with Crippen molar-refractivity contribution in [1.29, 1.82) is 0 Å². The fourth-order valence-corrected chi connectivity index (χ4v) is 3.00. The molecular formula is C19H20BrCl2NO2. The molecular weight excluding hydrogens is 425 g/mol. The molecule has 2 rings (SSSR count). The number of unbranched alkanes of at least 4 members (excludes halogenated alkanes) is 3. The van der Waals surface area contributed by atoms with Gasteiger partial charge in [-0.25, -0.2) is 0 Å². The molecule has 0 heterocycles. The summed E-state index contributed by atoms with van der Waals surface area (Å²) in [5.41, 5.74) is 0.911. The van der Waals surface area contributed by atoms with Gasteiger partial charge in [0.25, 0.3) is 5.91 Å². The van der Waals surface area contributed by atoms with Crippen molar-refractivity contribution >= 4 is 50.7 Å². The Hall–Kier alpha value is -1.23. The first-order chi connectivity index (χ1) is 12.0.